The van der Waals surface area contributed by atoms with Crippen molar-refractivity contribution in [2.45, 2.75) is 6.61 Å². The number of nitrogens with one attached hydrogen (secondary N) is 1. The van der Waals surface area contributed by atoms with Crippen LogP contribution in [-0.4, -0.2) is 17.3 Å². The Kier molecular flexibility index (Phi) is 2.87. The number of benzene rings is 1. The molecule has 3 N–H and O–H groups in total. The monoisotopic (exact) mass is 221 g/mol. The van der Waals surface area contributed by atoms with Crippen molar-refractivity contribution in [1.82, 2.24) is 10.2 Å². The predicted octanol–water partition coefficient (Wildman–Crippen LogP) is 1.94. The van der Waals surface area contributed by atoms with Crippen LogP contribution in [0.1, 0.15) is 5.56 Å². The van der Waals surface area contributed by atoms with Crippen molar-refractivity contribution in [3.8, 4) is 11.3 Å². The summed E-state index contributed by atoms with van der Waals surface area (Å²) in [5.41, 5.74) is 7.26. The molecule has 0 spiro atoms. The highest BCUT2D eigenvalue weighted by atomic mass is 19.1. The first-order valence-electron chi connectivity index (χ1n) is 4.79. The van der Waals surface area contributed by atoms with Gasteiger partial charge in [-0.3, -0.25) is 5.10 Å². The highest BCUT2D eigenvalue weighted by molar-refractivity contribution is 5.62. The first kappa shape index (κ1) is 10.6. The maximum Gasteiger partial charge on any atom is 0.145 e. The first-order valence-corrected chi connectivity index (χ1v) is 4.79. The van der Waals surface area contributed by atoms with Gasteiger partial charge in [0.1, 0.15) is 11.6 Å². The number of H-pyrrole nitrogens is 1. The lowest BCUT2D eigenvalue weighted by molar-refractivity contribution is 0.184. The number of ether oxygens (including phenoxy) is 1. The molecule has 2 rings (SSSR count). The van der Waals surface area contributed by atoms with E-state index in [1.54, 1.807) is 25.3 Å². The summed E-state index contributed by atoms with van der Waals surface area (Å²) in [7, 11) is 1.57. The highest BCUT2D eigenvalue weighted by Crippen LogP contribution is 2.23. The number of halogens is 1. The largest absolute Gasteiger partial charge is 0.382 e. The van der Waals surface area contributed by atoms with Crippen molar-refractivity contribution < 1.29 is 9.13 Å². The van der Waals surface area contributed by atoms with Crippen LogP contribution < -0.4 is 5.73 Å². The lowest BCUT2D eigenvalue weighted by Crippen LogP contribution is -1.91. The molecule has 16 heavy (non-hydrogen) atoms. The molecule has 0 fully saturated rings. The lowest BCUT2D eigenvalue weighted by Gasteiger charge is -2.03. The molecule has 0 amide bonds. The highest BCUT2D eigenvalue weighted by Gasteiger charge is 2.08. The van der Waals surface area contributed by atoms with Crippen molar-refractivity contribution in [2.75, 3.05) is 12.8 Å². The molecule has 0 saturated carbocycles. The summed E-state index contributed by atoms with van der Waals surface area (Å²) in [5, 5.41) is 6.42. The predicted molar refractivity (Wildman–Crippen MR) is 59.1 cm³/mol. The lowest BCUT2D eigenvalue weighted by atomic mass is 10.1. The second kappa shape index (κ2) is 4.32. The number of rotatable bonds is 3. The van der Waals surface area contributed by atoms with Gasteiger partial charge in [0.25, 0.3) is 0 Å². The van der Waals surface area contributed by atoms with E-state index in [4.69, 9.17) is 10.5 Å². The van der Waals surface area contributed by atoms with Crippen LogP contribution in [0.25, 0.3) is 11.3 Å². The van der Waals surface area contributed by atoms with Gasteiger partial charge in [0.15, 0.2) is 0 Å². The fourth-order valence-electron chi connectivity index (χ4n) is 1.51. The Labute approximate surface area is 92.2 Å². The second-order valence-electron chi connectivity index (χ2n) is 3.45. The summed E-state index contributed by atoms with van der Waals surface area (Å²) in [6, 6.07) is 6.51. The third-order valence-electron chi connectivity index (χ3n) is 2.23. The first-order chi connectivity index (χ1) is 7.70. The molecule has 1 heterocycles. The second-order valence-corrected chi connectivity index (χ2v) is 3.45. The number of aromatic nitrogens is 2. The van der Waals surface area contributed by atoms with Gasteiger partial charge in [-0.05, 0) is 17.7 Å². The molecular weight excluding hydrogens is 209 g/mol. The van der Waals surface area contributed by atoms with Crippen LogP contribution in [0.3, 0.4) is 0 Å². The van der Waals surface area contributed by atoms with Gasteiger partial charge >= 0.3 is 0 Å². The van der Waals surface area contributed by atoms with Crippen molar-refractivity contribution in [3.05, 3.63) is 35.6 Å². The number of nitrogens with two attached hydrogens (primary N) is 1. The fraction of sp³-hybridized carbons (Fsp3) is 0.182. The maximum absolute atomic E-state index is 13.7. The van der Waals surface area contributed by atoms with E-state index in [2.05, 4.69) is 10.2 Å². The SMILES string of the molecule is COCc1ccc(-c2cc(N)n[nH]2)c(F)c1. The smallest absolute Gasteiger partial charge is 0.145 e. The van der Waals surface area contributed by atoms with Crippen LogP contribution in [0.4, 0.5) is 10.2 Å². The minimum atomic E-state index is -0.321. The van der Waals surface area contributed by atoms with Gasteiger partial charge < -0.3 is 10.5 Å². The fourth-order valence-corrected chi connectivity index (χ4v) is 1.51. The summed E-state index contributed by atoms with van der Waals surface area (Å²) in [6.07, 6.45) is 0. The Balaban J connectivity index is 2.36. The average Bonchev–Trinajstić information content (AvgIpc) is 2.65. The van der Waals surface area contributed by atoms with Crippen molar-refractivity contribution >= 4 is 5.82 Å². The van der Waals surface area contributed by atoms with Crippen molar-refractivity contribution in [2.24, 2.45) is 0 Å². The zero-order chi connectivity index (χ0) is 11.5. The van der Waals surface area contributed by atoms with Gasteiger partial charge in [-0.15, -0.1) is 0 Å². The molecule has 1 aromatic carbocycles. The molecule has 0 aliphatic carbocycles. The van der Waals surface area contributed by atoms with Gasteiger partial charge in [0.05, 0.1) is 12.3 Å². The third kappa shape index (κ3) is 2.04. The molecule has 0 aliphatic rings. The van der Waals surface area contributed by atoms with E-state index in [0.29, 0.717) is 23.7 Å². The molecule has 4 nitrogen and oxygen atoms in total. The number of hydrogen-bond donors (Lipinski definition) is 2. The molecule has 5 heteroatoms. The topological polar surface area (TPSA) is 63.9 Å². The van der Waals surface area contributed by atoms with E-state index in [9.17, 15) is 4.39 Å². The van der Waals surface area contributed by atoms with E-state index in [0.717, 1.165) is 5.56 Å². The normalized spacial score (nSPS) is 10.6. The molecule has 0 radical (unpaired) electrons. The number of methoxy groups -OCH3 is 1. The zero-order valence-electron chi connectivity index (χ0n) is 8.83. The van der Waals surface area contributed by atoms with Gasteiger partial charge in [-0.25, -0.2) is 4.39 Å². The summed E-state index contributed by atoms with van der Waals surface area (Å²) >= 11 is 0. The van der Waals surface area contributed by atoms with E-state index < -0.39 is 0 Å². The van der Waals surface area contributed by atoms with E-state index in [1.807, 2.05) is 0 Å². The number of anilines is 1. The molecule has 0 bridgehead atoms. The zero-order valence-corrected chi connectivity index (χ0v) is 8.83. The van der Waals surface area contributed by atoms with Gasteiger partial charge in [0.2, 0.25) is 0 Å². The maximum atomic E-state index is 13.7. The van der Waals surface area contributed by atoms with Crippen LogP contribution in [0, 0.1) is 5.82 Å². The Hall–Kier alpha value is -1.88. The van der Waals surface area contributed by atoms with Crippen molar-refractivity contribution in [1.29, 1.82) is 0 Å². The van der Waals surface area contributed by atoms with Crippen LogP contribution in [0.2, 0.25) is 0 Å². The molecule has 2 aromatic rings. The van der Waals surface area contributed by atoms with Crippen LogP contribution in [0.15, 0.2) is 24.3 Å². The van der Waals surface area contributed by atoms with Gasteiger partial charge in [-0.1, -0.05) is 6.07 Å². The molecule has 0 aliphatic heterocycles. The Morgan fingerprint density at radius 1 is 1.44 bits per heavy atom. The molecule has 84 valence electrons. The van der Waals surface area contributed by atoms with Crippen LogP contribution in [0.5, 0.6) is 0 Å². The van der Waals surface area contributed by atoms with E-state index >= 15 is 0 Å². The van der Waals surface area contributed by atoms with E-state index in [-0.39, 0.29) is 5.82 Å². The van der Waals surface area contributed by atoms with E-state index in [1.165, 1.54) is 6.07 Å². The molecule has 0 atom stereocenters. The van der Waals surface area contributed by atoms with Gasteiger partial charge in [0, 0.05) is 18.7 Å². The summed E-state index contributed by atoms with van der Waals surface area (Å²) in [6.45, 7) is 0.391. The minimum Gasteiger partial charge on any atom is -0.382 e. The summed E-state index contributed by atoms with van der Waals surface area (Å²) in [5.74, 6) is 0.0218. The molecule has 0 saturated heterocycles. The van der Waals surface area contributed by atoms with Crippen LogP contribution in [-0.2, 0) is 11.3 Å². The number of aromatic amines is 1. The molecular formula is C11H12FN3O. The van der Waals surface area contributed by atoms with Gasteiger partial charge in [-0.2, -0.15) is 5.10 Å². The average molecular weight is 221 g/mol. The van der Waals surface area contributed by atoms with Crippen LogP contribution >= 0.6 is 0 Å². The summed E-state index contributed by atoms with van der Waals surface area (Å²) < 4.78 is 18.7. The number of nitrogen functional groups attached to an aromatic ring is 1. The third-order valence-corrected chi connectivity index (χ3v) is 2.23. The van der Waals surface area contributed by atoms with Crippen molar-refractivity contribution in [3.63, 3.8) is 0 Å². The Bertz CT molecular complexity index is 496. The quantitative estimate of drug-likeness (QED) is 0.832. The number of hydrogen-bond acceptors (Lipinski definition) is 3. The number of nitrogens with zero attached hydrogens (tertiary/aromatic N) is 1. The molecule has 0 unspecified atom stereocenters. The standard InChI is InChI=1S/C11H12FN3O/c1-16-6-7-2-3-8(9(12)4-7)10-5-11(13)15-14-10/h2-5H,6H2,1H3,(H3,13,14,15). The Morgan fingerprint density at radius 2 is 2.25 bits per heavy atom. The summed E-state index contributed by atoms with van der Waals surface area (Å²) in [4.78, 5) is 0. The molecule has 1 aromatic heterocycles. The Morgan fingerprint density at radius 3 is 2.81 bits per heavy atom. The minimum absolute atomic E-state index is 0.321.